The number of carboxylic acid groups (broad SMARTS) is 1. The molecule has 20 heavy (non-hydrogen) atoms. The molecule has 2 rings (SSSR count). The van der Waals surface area contributed by atoms with Crippen LogP contribution in [0.2, 0.25) is 0 Å². The zero-order valence-corrected chi connectivity index (χ0v) is 11.7. The molecule has 2 heterocycles. The minimum Gasteiger partial charge on any atom is -0.481 e. The lowest BCUT2D eigenvalue weighted by Crippen LogP contribution is -2.46. The highest BCUT2D eigenvalue weighted by atomic mass is 16.5. The van der Waals surface area contributed by atoms with E-state index in [4.69, 9.17) is 14.3 Å². The topological polar surface area (TPSA) is 80.0 Å². The smallest absolute Gasteiger partial charge is 0.306 e. The minimum atomic E-state index is -0.926. The van der Waals surface area contributed by atoms with E-state index < -0.39 is 12.1 Å². The van der Waals surface area contributed by atoms with Crippen molar-refractivity contribution in [1.29, 1.82) is 0 Å². The summed E-state index contributed by atoms with van der Waals surface area (Å²) in [6.45, 7) is 5.07. The molecule has 0 bridgehead atoms. The number of amides is 1. The summed E-state index contributed by atoms with van der Waals surface area (Å²) in [5.41, 5.74) is 0.872. The molecule has 1 aromatic rings. The van der Waals surface area contributed by atoms with E-state index in [9.17, 15) is 9.59 Å². The van der Waals surface area contributed by atoms with Crippen LogP contribution in [-0.2, 0) is 9.53 Å². The van der Waals surface area contributed by atoms with Gasteiger partial charge in [-0.05, 0) is 12.0 Å². The standard InChI is InChI=1S/C14H19NO5/c1-9(2)11-3-5-20-13(11)14(18)15-4-6-19-10(8-15)7-12(16)17/h3,5,9-10H,4,6-8H2,1-2H3,(H,16,17). The second-order valence-electron chi connectivity index (χ2n) is 5.20. The zero-order valence-electron chi connectivity index (χ0n) is 11.7. The van der Waals surface area contributed by atoms with Gasteiger partial charge in [0.1, 0.15) is 0 Å². The average Bonchev–Trinajstić information content (AvgIpc) is 2.86. The van der Waals surface area contributed by atoms with E-state index in [2.05, 4.69) is 0 Å². The van der Waals surface area contributed by atoms with Crippen LogP contribution >= 0.6 is 0 Å². The number of carbonyl (C=O) groups excluding carboxylic acids is 1. The third-order valence-corrected chi connectivity index (χ3v) is 3.34. The Balaban J connectivity index is 2.08. The first-order valence-corrected chi connectivity index (χ1v) is 6.69. The van der Waals surface area contributed by atoms with Crippen LogP contribution in [0.5, 0.6) is 0 Å². The number of morpholine rings is 1. The lowest BCUT2D eigenvalue weighted by atomic mass is 10.0. The molecule has 0 aliphatic carbocycles. The van der Waals surface area contributed by atoms with Crippen LogP contribution in [0.15, 0.2) is 16.7 Å². The molecule has 1 atom stereocenters. The van der Waals surface area contributed by atoms with Crippen molar-refractivity contribution in [1.82, 2.24) is 4.90 Å². The Bertz CT molecular complexity index is 494. The maximum atomic E-state index is 12.4. The molecule has 1 unspecified atom stereocenters. The molecule has 1 aromatic heterocycles. The Labute approximate surface area is 117 Å². The number of hydrogen-bond acceptors (Lipinski definition) is 4. The quantitative estimate of drug-likeness (QED) is 0.909. The van der Waals surface area contributed by atoms with Crippen molar-refractivity contribution < 1.29 is 23.8 Å². The van der Waals surface area contributed by atoms with Gasteiger partial charge < -0.3 is 19.2 Å². The highest BCUT2D eigenvalue weighted by Gasteiger charge is 2.29. The highest BCUT2D eigenvalue weighted by molar-refractivity contribution is 5.93. The Hall–Kier alpha value is -1.82. The predicted molar refractivity (Wildman–Crippen MR) is 70.7 cm³/mol. The first-order chi connectivity index (χ1) is 9.49. The molecule has 1 aliphatic rings. The number of nitrogens with zero attached hydrogens (tertiary/aromatic N) is 1. The third kappa shape index (κ3) is 3.19. The van der Waals surface area contributed by atoms with E-state index in [-0.39, 0.29) is 24.8 Å². The van der Waals surface area contributed by atoms with E-state index in [0.29, 0.717) is 18.9 Å². The lowest BCUT2D eigenvalue weighted by molar-refractivity contribution is -0.141. The van der Waals surface area contributed by atoms with Crippen LogP contribution < -0.4 is 0 Å². The maximum Gasteiger partial charge on any atom is 0.306 e. The van der Waals surface area contributed by atoms with Crippen molar-refractivity contribution in [2.75, 3.05) is 19.7 Å². The summed E-state index contributed by atoms with van der Waals surface area (Å²) in [4.78, 5) is 24.8. The molecule has 1 N–H and O–H groups in total. The van der Waals surface area contributed by atoms with Crippen LogP contribution in [-0.4, -0.2) is 47.7 Å². The summed E-state index contributed by atoms with van der Waals surface area (Å²) in [5, 5.41) is 8.79. The fourth-order valence-electron chi connectivity index (χ4n) is 2.31. The van der Waals surface area contributed by atoms with E-state index in [1.54, 1.807) is 11.0 Å². The van der Waals surface area contributed by atoms with E-state index in [1.807, 2.05) is 13.8 Å². The van der Waals surface area contributed by atoms with E-state index >= 15 is 0 Å². The van der Waals surface area contributed by atoms with Crippen molar-refractivity contribution in [3.8, 4) is 0 Å². The number of rotatable bonds is 4. The molecule has 6 nitrogen and oxygen atoms in total. The fourth-order valence-corrected chi connectivity index (χ4v) is 2.31. The van der Waals surface area contributed by atoms with Crippen LogP contribution in [0.1, 0.15) is 42.3 Å². The number of furan rings is 1. The van der Waals surface area contributed by atoms with Crippen LogP contribution in [0.25, 0.3) is 0 Å². The molecule has 0 saturated carbocycles. The highest BCUT2D eigenvalue weighted by Crippen LogP contribution is 2.23. The minimum absolute atomic E-state index is 0.0982. The van der Waals surface area contributed by atoms with E-state index in [0.717, 1.165) is 5.56 Å². The van der Waals surface area contributed by atoms with Crippen molar-refractivity contribution in [2.24, 2.45) is 0 Å². The molecule has 1 amide bonds. The zero-order chi connectivity index (χ0) is 14.7. The normalized spacial score (nSPS) is 19.4. The van der Waals surface area contributed by atoms with Gasteiger partial charge in [-0.25, -0.2) is 0 Å². The van der Waals surface area contributed by atoms with Gasteiger partial charge in [0.2, 0.25) is 0 Å². The van der Waals surface area contributed by atoms with Crippen LogP contribution in [0.4, 0.5) is 0 Å². The number of ether oxygens (including phenoxy) is 1. The Morgan fingerprint density at radius 3 is 2.90 bits per heavy atom. The molecule has 6 heteroatoms. The predicted octanol–water partition coefficient (Wildman–Crippen LogP) is 1.72. The molecule has 1 saturated heterocycles. The van der Waals surface area contributed by atoms with Crippen molar-refractivity contribution >= 4 is 11.9 Å². The molecule has 0 aromatic carbocycles. The summed E-state index contributed by atoms with van der Waals surface area (Å²) < 4.78 is 10.7. The number of carbonyl (C=O) groups is 2. The van der Waals surface area contributed by atoms with Gasteiger partial charge in [-0.2, -0.15) is 0 Å². The largest absolute Gasteiger partial charge is 0.481 e. The van der Waals surface area contributed by atoms with Crippen LogP contribution in [0, 0.1) is 0 Å². The Kier molecular flexibility index (Phi) is 4.44. The second-order valence-corrected chi connectivity index (χ2v) is 5.20. The van der Waals surface area contributed by atoms with Gasteiger partial charge in [0.15, 0.2) is 5.76 Å². The van der Waals surface area contributed by atoms with E-state index in [1.165, 1.54) is 6.26 Å². The first-order valence-electron chi connectivity index (χ1n) is 6.69. The Morgan fingerprint density at radius 2 is 2.25 bits per heavy atom. The Morgan fingerprint density at radius 1 is 1.50 bits per heavy atom. The molecule has 0 spiro atoms. The summed E-state index contributed by atoms with van der Waals surface area (Å²) in [6, 6.07) is 1.80. The summed E-state index contributed by atoms with van der Waals surface area (Å²) in [6.07, 6.45) is 0.958. The average molecular weight is 281 g/mol. The molecular weight excluding hydrogens is 262 g/mol. The molecule has 110 valence electrons. The molecular formula is C14H19NO5. The van der Waals surface area contributed by atoms with Gasteiger partial charge in [0, 0.05) is 18.7 Å². The maximum absolute atomic E-state index is 12.4. The first kappa shape index (κ1) is 14.6. The van der Waals surface area contributed by atoms with Crippen LogP contribution in [0.3, 0.4) is 0 Å². The monoisotopic (exact) mass is 281 g/mol. The molecule has 1 aliphatic heterocycles. The number of aliphatic carboxylic acids is 1. The SMILES string of the molecule is CC(C)c1ccoc1C(=O)N1CCOC(CC(=O)O)C1. The second kappa shape index (κ2) is 6.09. The summed E-state index contributed by atoms with van der Waals surface area (Å²) in [7, 11) is 0. The molecule has 1 fully saturated rings. The van der Waals surface area contributed by atoms with Gasteiger partial charge in [-0.3, -0.25) is 9.59 Å². The van der Waals surface area contributed by atoms with Gasteiger partial charge in [0.25, 0.3) is 5.91 Å². The summed E-state index contributed by atoms with van der Waals surface area (Å²) in [5.74, 6) is -0.581. The van der Waals surface area contributed by atoms with Crippen molar-refractivity contribution in [2.45, 2.75) is 32.3 Å². The van der Waals surface area contributed by atoms with Crippen molar-refractivity contribution in [3.05, 3.63) is 23.7 Å². The lowest BCUT2D eigenvalue weighted by Gasteiger charge is -2.32. The number of hydrogen-bond donors (Lipinski definition) is 1. The third-order valence-electron chi connectivity index (χ3n) is 3.34. The van der Waals surface area contributed by atoms with Gasteiger partial charge in [-0.15, -0.1) is 0 Å². The van der Waals surface area contributed by atoms with Gasteiger partial charge >= 0.3 is 5.97 Å². The number of carboxylic acids is 1. The van der Waals surface area contributed by atoms with Crippen molar-refractivity contribution in [3.63, 3.8) is 0 Å². The summed E-state index contributed by atoms with van der Waals surface area (Å²) >= 11 is 0. The van der Waals surface area contributed by atoms with Gasteiger partial charge in [0.05, 0.1) is 25.4 Å². The fraction of sp³-hybridized carbons (Fsp3) is 0.571. The molecule has 0 radical (unpaired) electrons. The van der Waals surface area contributed by atoms with Gasteiger partial charge in [-0.1, -0.05) is 13.8 Å².